The predicted molar refractivity (Wildman–Crippen MR) is 133 cm³/mol. The number of ketones is 1. The number of alkyl halides is 7. The van der Waals surface area contributed by atoms with Crippen molar-refractivity contribution in [2.45, 2.75) is 38.3 Å². The van der Waals surface area contributed by atoms with Gasteiger partial charge in [-0.25, -0.2) is 8.78 Å². The van der Waals surface area contributed by atoms with Gasteiger partial charge in [0.05, 0.1) is 14.2 Å². The number of hydrogen-bond acceptors (Lipinski definition) is 4. The monoisotopic (exact) mass is 589 g/mol. The number of benzene rings is 3. The van der Waals surface area contributed by atoms with Gasteiger partial charge in [0.25, 0.3) is 5.91 Å². The Kier molecular flexibility index (Phi) is 8.70. The zero-order chi connectivity index (χ0) is 30.9. The normalized spacial score (nSPS) is 12.2. The van der Waals surface area contributed by atoms with E-state index in [1.807, 2.05) is 0 Å². The van der Waals surface area contributed by atoms with Crippen LogP contribution in [-0.2, 0) is 12.1 Å². The Labute approximate surface area is 229 Å². The molecule has 0 unspecified atom stereocenters. The van der Waals surface area contributed by atoms with Crippen LogP contribution in [0.5, 0.6) is 11.5 Å². The zero-order valence-electron chi connectivity index (χ0n) is 22.0. The van der Waals surface area contributed by atoms with Crippen molar-refractivity contribution in [1.82, 2.24) is 0 Å². The molecule has 5 nitrogen and oxygen atoms in total. The number of carbonyl (C=O) groups is 2. The van der Waals surface area contributed by atoms with Crippen molar-refractivity contribution >= 4 is 17.4 Å². The molecule has 0 fully saturated rings. The number of halogens is 8. The van der Waals surface area contributed by atoms with Crippen molar-refractivity contribution < 1.29 is 54.2 Å². The van der Waals surface area contributed by atoms with Crippen molar-refractivity contribution in [1.29, 1.82) is 0 Å². The summed E-state index contributed by atoms with van der Waals surface area (Å²) in [4.78, 5) is 26.2. The van der Waals surface area contributed by atoms with Gasteiger partial charge in [0.15, 0.2) is 5.78 Å². The molecular weight excluding hydrogens is 566 g/mol. The van der Waals surface area contributed by atoms with E-state index in [0.717, 1.165) is 26.0 Å². The highest BCUT2D eigenvalue weighted by Gasteiger charge is 2.73. The fourth-order valence-corrected chi connectivity index (χ4v) is 4.30. The van der Waals surface area contributed by atoms with Crippen LogP contribution in [0.1, 0.15) is 43.0 Å². The Bertz CT molecular complexity index is 1430. The van der Waals surface area contributed by atoms with Gasteiger partial charge in [0.2, 0.25) is 0 Å². The molecule has 13 heteroatoms. The van der Waals surface area contributed by atoms with Crippen molar-refractivity contribution in [2.75, 3.05) is 19.5 Å². The number of Topliss-reactive ketones (excluding diaryl/α,β-unsaturated/α-hetero) is 1. The van der Waals surface area contributed by atoms with Gasteiger partial charge < -0.3 is 14.8 Å². The Morgan fingerprint density at radius 2 is 1.34 bits per heavy atom. The van der Waals surface area contributed by atoms with Crippen LogP contribution < -0.4 is 14.8 Å². The molecule has 0 heterocycles. The molecule has 1 amide bonds. The van der Waals surface area contributed by atoms with E-state index in [4.69, 9.17) is 9.47 Å². The number of nitrogens with one attached hydrogen (secondary N) is 1. The van der Waals surface area contributed by atoms with Crippen LogP contribution in [0, 0.1) is 19.7 Å². The Morgan fingerprint density at radius 3 is 1.80 bits per heavy atom. The molecular formula is C28H23F8NO4. The SMILES string of the molecule is COc1ccc(CC(=O)c2ccc(F)cc2)c(OC)c1C(=O)Nc1c(C)cc(C(F)(C(F)(F)F)C(F)(F)F)cc1C. The molecule has 41 heavy (non-hydrogen) atoms. The number of amides is 1. The van der Waals surface area contributed by atoms with E-state index >= 15 is 0 Å². The fourth-order valence-electron chi connectivity index (χ4n) is 4.30. The van der Waals surface area contributed by atoms with Crippen LogP contribution in [0.3, 0.4) is 0 Å². The quantitative estimate of drug-likeness (QED) is 0.219. The molecule has 0 aliphatic rings. The highest BCUT2D eigenvalue weighted by atomic mass is 19.4. The molecule has 0 atom stereocenters. The van der Waals surface area contributed by atoms with E-state index in [2.05, 4.69) is 5.32 Å². The first-order valence-electron chi connectivity index (χ1n) is 11.7. The van der Waals surface area contributed by atoms with E-state index in [0.29, 0.717) is 12.1 Å². The van der Waals surface area contributed by atoms with Gasteiger partial charge in [0, 0.05) is 28.8 Å². The molecule has 0 saturated heterocycles. The Hall–Kier alpha value is -4.16. The molecule has 3 rings (SSSR count). The summed E-state index contributed by atoms with van der Waals surface area (Å²) in [5, 5.41) is 2.41. The Morgan fingerprint density at radius 1 is 0.805 bits per heavy atom. The molecule has 0 bridgehead atoms. The Balaban J connectivity index is 2.03. The molecule has 220 valence electrons. The van der Waals surface area contributed by atoms with Crippen molar-refractivity contribution in [3.8, 4) is 11.5 Å². The molecule has 3 aromatic rings. The topological polar surface area (TPSA) is 64.6 Å². The van der Waals surface area contributed by atoms with Crippen LogP contribution in [0.25, 0.3) is 0 Å². The van der Waals surface area contributed by atoms with Crippen LogP contribution in [0.4, 0.5) is 40.8 Å². The minimum Gasteiger partial charge on any atom is -0.496 e. The maximum atomic E-state index is 14.6. The summed E-state index contributed by atoms with van der Waals surface area (Å²) >= 11 is 0. The van der Waals surface area contributed by atoms with Gasteiger partial charge in [-0.2, -0.15) is 26.3 Å². The largest absolute Gasteiger partial charge is 0.496 e. The average molecular weight is 589 g/mol. The lowest BCUT2D eigenvalue weighted by atomic mass is 9.90. The molecule has 3 aromatic carbocycles. The second-order valence-corrected chi connectivity index (χ2v) is 9.04. The number of methoxy groups -OCH3 is 2. The van der Waals surface area contributed by atoms with Gasteiger partial charge in [-0.05, 0) is 55.3 Å². The second kappa shape index (κ2) is 11.4. The highest BCUT2D eigenvalue weighted by Crippen LogP contribution is 2.54. The van der Waals surface area contributed by atoms with Gasteiger partial charge in [-0.1, -0.05) is 18.2 Å². The average Bonchev–Trinajstić information content (AvgIpc) is 2.88. The summed E-state index contributed by atoms with van der Waals surface area (Å²) in [5.74, 6) is -2.05. The first-order chi connectivity index (χ1) is 19.0. The zero-order valence-corrected chi connectivity index (χ0v) is 22.0. The fraction of sp³-hybridized carbons (Fsp3) is 0.286. The number of anilines is 1. The molecule has 1 N–H and O–H groups in total. The molecule has 0 aliphatic carbocycles. The maximum absolute atomic E-state index is 14.6. The minimum absolute atomic E-state index is 0.0267. The first kappa shape index (κ1) is 31.4. The number of hydrogen-bond donors (Lipinski definition) is 1. The van der Waals surface area contributed by atoms with Crippen LogP contribution in [-0.4, -0.2) is 38.3 Å². The molecule has 0 spiro atoms. The first-order valence-corrected chi connectivity index (χ1v) is 11.7. The third-order valence-corrected chi connectivity index (χ3v) is 6.32. The number of ether oxygens (including phenoxy) is 2. The van der Waals surface area contributed by atoms with E-state index in [-0.39, 0.29) is 51.4 Å². The van der Waals surface area contributed by atoms with E-state index in [1.165, 1.54) is 38.5 Å². The standard InChI is InChI=1S/C28H23F8NO4/c1-14-11-18(26(30,27(31,32)33)28(34,35)36)12-15(2)23(14)37-25(39)22-21(40-3)10-7-17(24(22)41-4)13-20(38)16-5-8-19(29)9-6-16/h5-12H,13H2,1-4H3,(H,37,39). The smallest absolute Gasteiger partial charge is 0.435 e. The van der Waals surface area contributed by atoms with E-state index in [9.17, 15) is 44.7 Å². The van der Waals surface area contributed by atoms with Crippen molar-refractivity contribution in [3.05, 3.63) is 87.7 Å². The van der Waals surface area contributed by atoms with Gasteiger partial charge in [0.1, 0.15) is 22.9 Å². The van der Waals surface area contributed by atoms with E-state index < -0.39 is 41.1 Å². The molecule has 0 aliphatic heterocycles. The molecule has 0 radical (unpaired) electrons. The number of rotatable bonds is 8. The lowest BCUT2D eigenvalue weighted by Crippen LogP contribution is -2.50. The molecule has 0 aromatic heterocycles. The summed E-state index contributed by atoms with van der Waals surface area (Å²) in [7, 11) is 2.44. The van der Waals surface area contributed by atoms with Crippen molar-refractivity contribution in [2.24, 2.45) is 0 Å². The lowest BCUT2D eigenvalue weighted by Gasteiger charge is -2.31. The van der Waals surface area contributed by atoms with Crippen LogP contribution in [0.15, 0.2) is 48.5 Å². The van der Waals surface area contributed by atoms with Crippen LogP contribution in [0.2, 0.25) is 0 Å². The van der Waals surface area contributed by atoms with Crippen molar-refractivity contribution in [3.63, 3.8) is 0 Å². The maximum Gasteiger partial charge on any atom is 0.435 e. The number of carbonyl (C=O) groups excluding carboxylic acids is 2. The minimum atomic E-state index is -6.30. The summed E-state index contributed by atoms with van der Waals surface area (Å²) in [6.45, 7) is 2.21. The third kappa shape index (κ3) is 5.98. The predicted octanol–water partition coefficient (Wildman–Crippen LogP) is 7.43. The molecule has 0 saturated carbocycles. The third-order valence-electron chi connectivity index (χ3n) is 6.32. The summed E-state index contributed by atoms with van der Waals surface area (Å²) in [6, 6.07) is 8.29. The summed E-state index contributed by atoms with van der Waals surface area (Å²) in [5.41, 5.74) is -7.90. The second-order valence-electron chi connectivity index (χ2n) is 9.04. The van der Waals surface area contributed by atoms with Gasteiger partial charge in [-0.3, -0.25) is 9.59 Å². The van der Waals surface area contributed by atoms with Gasteiger partial charge in [-0.15, -0.1) is 0 Å². The summed E-state index contributed by atoms with van der Waals surface area (Å²) < 4.78 is 118. The van der Waals surface area contributed by atoms with Crippen LogP contribution >= 0.6 is 0 Å². The van der Waals surface area contributed by atoms with Gasteiger partial charge >= 0.3 is 18.0 Å². The lowest BCUT2D eigenvalue weighted by molar-refractivity contribution is -0.348. The number of aryl methyl sites for hydroxylation is 2. The van der Waals surface area contributed by atoms with E-state index in [1.54, 1.807) is 0 Å². The summed E-state index contributed by atoms with van der Waals surface area (Å²) in [6.07, 6.45) is -12.9. The highest BCUT2D eigenvalue weighted by molar-refractivity contribution is 6.09.